The summed E-state index contributed by atoms with van der Waals surface area (Å²) in [5.41, 5.74) is 3.37. The molecular weight excluding hydrogens is 318 g/mol. The molecule has 0 aliphatic carbocycles. The van der Waals surface area contributed by atoms with Crippen LogP contribution >= 0.6 is 0 Å². The minimum Gasteiger partial charge on any atom is -0.339 e. The summed E-state index contributed by atoms with van der Waals surface area (Å²) in [6.07, 6.45) is 4.74. The third kappa shape index (κ3) is 3.60. The number of carbonyl (C=O) groups is 1. The quantitative estimate of drug-likeness (QED) is 0.804. The van der Waals surface area contributed by atoms with Crippen LogP contribution in [0.1, 0.15) is 67.3 Å². The molecule has 0 bridgehead atoms. The lowest BCUT2D eigenvalue weighted by Gasteiger charge is -2.25. The van der Waals surface area contributed by atoms with Gasteiger partial charge >= 0.3 is 0 Å². The van der Waals surface area contributed by atoms with Crippen molar-refractivity contribution in [3.63, 3.8) is 0 Å². The number of amides is 1. The Morgan fingerprint density at radius 2 is 2.12 bits per heavy atom. The summed E-state index contributed by atoms with van der Waals surface area (Å²) >= 11 is 0. The number of nitrogens with zero attached hydrogens (tertiary/aromatic N) is 5. The molecule has 7 heteroatoms. The average molecular weight is 345 g/mol. The highest BCUT2D eigenvalue weighted by atomic mass is 16.5. The normalized spacial score (nSPS) is 17.4. The number of aryl methyl sites for hydroxylation is 4. The molecule has 2 aromatic heterocycles. The first-order chi connectivity index (χ1) is 12.0. The molecule has 3 heterocycles. The van der Waals surface area contributed by atoms with E-state index in [4.69, 9.17) is 4.52 Å². The third-order valence-electron chi connectivity index (χ3n) is 5.01. The average Bonchev–Trinajstić information content (AvgIpc) is 3.27. The second-order valence-electron chi connectivity index (χ2n) is 6.81. The third-order valence-corrected chi connectivity index (χ3v) is 5.01. The number of hydrogen-bond donors (Lipinski definition) is 0. The van der Waals surface area contributed by atoms with Crippen LogP contribution in [0.3, 0.4) is 0 Å². The van der Waals surface area contributed by atoms with Crippen molar-refractivity contribution in [2.24, 2.45) is 7.05 Å². The Hall–Kier alpha value is -2.18. The van der Waals surface area contributed by atoms with Crippen LogP contribution in [-0.2, 0) is 24.7 Å². The van der Waals surface area contributed by atoms with Gasteiger partial charge in [0.25, 0.3) is 0 Å². The molecule has 1 saturated heterocycles. The highest BCUT2D eigenvalue weighted by Crippen LogP contribution is 2.35. The van der Waals surface area contributed by atoms with Crippen LogP contribution in [0.15, 0.2) is 4.52 Å². The van der Waals surface area contributed by atoms with E-state index in [0.29, 0.717) is 18.7 Å². The minimum atomic E-state index is 0.138. The Morgan fingerprint density at radius 1 is 1.32 bits per heavy atom. The molecule has 0 saturated carbocycles. The first-order valence-corrected chi connectivity index (χ1v) is 9.12. The number of aromatic nitrogens is 4. The minimum absolute atomic E-state index is 0.138. The smallest absolute Gasteiger partial charge is 0.227 e. The molecule has 1 aliphatic rings. The van der Waals surface area contributed by atoms with Crippen LogP contribution in [0.4, 0.5) is 0 Å². The summed E-state index contributed by atoms with van der Waals surface area (Å²) in [7, 11) is 1.95. The summed E-state index contributed by atoms with van der Waals surface area (Å²) in [6, 6.07) is 0.138. The SMILES string of the molecule is CCCc1noc(CCC(=O)N2CCC[C@H]2c2c(C)nn(C)c2C)n1. The zero-order valence-electron chi connectivity index (χ0n) is 15.6. The topological polar surface area (TPSA) is 77.0 Å². The van der Waals surface area contributed by atoms with Crippen LogP contribution in [0.25, 0.3) is 0 Å². The van der Waals surface area contributed by atoms with E-state index < -0.39 is 0 Å². The molecule has 0 unspecified atom stereocenters. The van der Waals surface area contributed by atoms with Gasteiger partial charge in [0.1, 0.15) is 0 Å². The maximum atomic E-state index is 12.8. The summed E-state index contributed by atoms with van der Waals surface area (Å²) < 4.78 is 7.14. The van der Waals surface area contributed by atoms with Gasteiger partial charge in [0.2, 0.25) is 11.8 Å². The van der Waals surface area contributed by atoms with Gasteiger partial charge < -0.3 is 9.42 Å². The predicted octanol–water partition coefficient (Wildman–Crippen LogP) is 2.67. The molecule has 1 amide bonds. The molecule has 7 nitrogen and oxygen atoms in total. The maximum absolute atomic E-state index is 12.8. The van der Waals surface area contributed by atoms with Gasteiger partial charge in [-0.1, -0.05) is 12.1 Å². The summed E-state index contributed by atoms with van der Waals surface area (Å²) in [4.78, 5) is 19.1. The van der Waals surface area contributed by atoms with E-state index >= 15 is 0 Å². The highest BCUT2D eigenvalue weighted by Gasteiger charge is 2.33. The molecular formula is C18H27N5O2. The van der Waals surface area contributed by atoms with Crippen LogP contribution < -0.4 is 0 Å². The zero-order valence-corrected chi connectivity index (χ0v) is 15.6. The van der Waals surface area contributed by atoms with Crippen molar-refractivity contribution in [3.05, 3.63) is 28.7 Å². The second-order valence-corrected chi connectivity index (χ2v) is 6.81. The number of likely N-dealkylation sites (tertiary alicyclic amines) is 1. The van der Waals surface area contributed by atoms with Gasteiger partial charge in [-0.15, -0.1) is 0 Å². The first-order valence-electron chi connectivity index (χ1n) is 9.12. The highest BCUT2D eigenvalue weighted by molar-refractivity contribution is 5.77. The van der Waals surface area contributed by atoms with Gasteiger partial charge in [-0.2, -0.15) is 10.1 Å². The fourth-order valence-electron chi connectivity index (χ4n) is 3.71. The zero-order chi connectivity index (χ0) is 18.0. The van der Waals surface area contributed by atoms with E-state index in [9.17, 15) is 4.79 Å². The van der Waals surface area contributed by atoms with Crippen molar-refractivity contribution in [1.29, 1.82) is 0 Å². The van der Waals surface area contributed by atoms with Gasteiger partial charge in [0.05, 0.1) is 11.7 Å². The number of rotatable bonds is 6. The summed E-state index contributed by atoms with van der Waals surface area (Å²) in [6.45, 7) is 6.98. The van der Waals surface area contributed by atoms with E-state index in [1.54, 1.807) is 0 Å². The lowest BCUT2D eigenvalue weighted by atomic mass is 10.0. The molecule has 1 aliphatic heterocycles. The van der Waals surface area contributed by atoms with Crippen molar-refractivity contribution in [2.45, 2.75) is 65.3 Å². The van der Waals surface area contributed by atoms with Crippen molar-refractivity contribution in [2.75, 3.05) is 6.54 Å². The summed E-state index contributed by atoms with van der Waals surface area (Å²) in [5.74, 6) is 1.44. The molecule has 0 aromatic carbocycles. The molecule has 2 aromatic rings. The Bertz CT molecular complexity index is 749. The lowest BCUT2D eigenvalue weighted by molar-refractivity contribution is -0.132. The second kappa shape index (κ2) is 7.37. The fourth-order valence-corrected chi connectivity index (χ4v) is 3.71. The molecule has 25 heavy (non-hydrogen) atoms. The molecule has 1 atom stereocenters. The van der Waals surface area contributed by atoms with E-state index in [2.05, 4.69) is 29.1 Å². The van der Waals surface area contributed by atoms with Crippen LogP contribution in [0, 0.1) is 13.8 Å². The fraction of sp³-hybridized carbons (Fsp3) is 0.667. The molecule has 3 rings (SSSR count). The molecule has 0 N–H and O–H groups in total. The largest absolute Gasteiger partial charge is 0.339 e. The van der Waals surface area contributed by atoms with Gasteiger partial charge in [-0.3, -0.25) is 9.48 Å². The van der Waals surface area contributed by atoms with E-state index in [-0.39, 0.29) is 11.9 Å². The Labute approximate surface area is 148 Å². The monoisotopic (exact) mass is 345 g/mol. The van der Waals surface area contributed by atoms with E-state index in [1.165, 1.54) is 5.56 Å². The molecule has 0 spiro atoms. The van der Waals surface area contributed by atoms with Crippen LogP contribution in [-0.4, -0.2) is 37.3 Å². The Morgan fingerprint density at radius 3 is 2.80 bits per heavy atom. The van der Waals surface area contributed by atoms with Crippen molar-refractivity contribution < 1.29 is 9.32 Å². The van der Waals surface area contributed by atoms with E-state index in [1.807, 2.05) is 23.6 Å². The Kier molecular flexibility index (Phi) is 5.20. The lowest BCUT2D eigenvalue weighted by Crippen LogP contribution is -2.31. The van der Waals surface area contributed by atoms with Crippen molar-refractivity contribution in [3.8, 4) is 0 Å². The predicted molar refractivity (Wildman–Crippen MR) is 93.0 cm³/mol. The van der Waals surface area contributed by atoms with Gasteiger partial charge in [0.15, 0.2) is 5.82 Å². The van der Waals surface area contributed by atoms with Crippen molar-refractivity contribution in [1.82, 2.24) is 24.8 Å². The van der Waals surface area contributed by atoms with Crippen LogP contribution in [0.2, 0.25) is 0 Å². The molecule has 1 fully saturated rings. The first kappa shape index (κ1) is 17.6. The van der Waals surface area contributed by atoms with Gasteiger partial charge in [0, 0.05) is 44.1 Å². The van der Waals surface area contributed by atoms with E-state index in [0.717, 1.165) is 49.4 Å². The van der Waals surface area contributed by atoms with Gasteiger partial charge in [-0.05, 0) is 33.1 Å². The van der Waals surface area contributed by atoms with Crippen LogP contribution in [0.5, 0.6) is 0 Å². The standard InChI is InChI=1S/C18H27N5O2/c1-5-7-15-19-16(25-21-15)9-10-17(24)23-11-6-8-14(23)18-12(2)20-22(4)13(18)3/h14H,5-11H2,1-4H3/t14-/m0/s1. The van der Waals surface area contributed by atoms with Gasteiger partial charge in [-0.25, -0.2) is 0 Å². The Balaban J connectivity index is 1.66. The maximum Gasteiger partial charge on any atom is 0.227 e. The number of carbonyl (C=O) groups excluding carboxylic acids is 1. The summed E-state index contributed by atoms with van der Waals surface area (Å²) in [5, 5.41) is 8.46. The number of hydrogen-bond acceptors (Lipinski definition) is 5. The van der Waals surface area contributed by atoms with Crippen molar-refractivity contribution >= 4 is 5.91 Å². The molecule has 136 valence electrons. The molecule has 0 radical (unpaired) electrons.